The van der Waals surface area contributed by atoms with Crippen molar-refractivity contribution >= 4 is 17.3 Å². The number of anilines is 1. The molecule has 0 radical (unpaired) electrons. The van der Waals surface area contributed by atoms with Crippen LogP contribution < -0.4 is 16.6 Å². The molecule has 1 aromatic carbocycles. The van der Waals surface area contributed by atoms with Gasteiger partial charge in [-0.3, -0.25) is 29.7 Å². The average Bonchev–Trinajstić information content (AvgIpc) is 2.58. The molecule has 1 aromatic heterocycles. The van der Waals surface area contributed by atoms with Crippen molar-refractivity contribution in [1.82, 2.24) is 9.97 Å². The second-order valence-corrected chi connectivity index (χ2v) is 7.90. The number of carbonyl (C=O) groups excluding carboxylic acids is 1. The first-order valence-corrected chi connectivity index (χ1v) is 8.81. The Balaban J connectivity index is 2.06. The topological polar surface area (TPSA) is 138 Å². The van der Waals surface area contributed by atoms with Gasteiger partial charge in [-0.05, 0) is 11.8 Å². The third-order valence-corrected chi connectivity index (χ3v) is 5.20. The van der Waals surface area contributed by atoms with Gasteiger partial charge in [0.15, 0.2) is 5.78 Å². The van der Waals surface area contributed by atoms with E-state index in [0.29, 0.717) is 17.7 Å². The number of nitro groups is 1. The molecule has 1 atom stereocenters. The number of aromatic amines is 2. The summed E-state index contributed by atoms with van der Waals surface area (Å²) >= 11 is 0. The predicted molar refractivity (Wildman–Crippen MR) is 101 cm³/mol. The molecule has 9 heteroatoms. The Bertz CT molecular complexity index is 1170. The second-order valence-electron chi connectivity index (χ2n) is 7.90. The Kier molecular flexibility index (Phi) is 3.84. The number of ketones is 1. The molecule has 3 N–H and O–H groups in total. The van der Waals surface area contributed by atoms with E-state index >= 15 is 0 Å². The number of hydrogen-bond acceptors (Lipinski definition) is 6. The number of nitro benzene ring substituents is 1. The van der Waals surface area contributed by atoms with Crippen LogP contribution in [-0.4, -0.2) is 20.7 Å². The number of nitrogens with zero attached hydrogens (tertiary/aromatic N) is 1. The molecule has 0 saturated carbocycles. The zero-order chi connectivity index (χ0) is 20.2. The molecular weight excluding hydrogens is 364 g/mol. The Morgan fingerprint density at radius 2 is 1.82 bits per heavy atom. The number of benzene rings is 1. The van der Waals surface area contributed by atoms with Gasteiger partial charge in [0.2, 0.25) is 0 Å². The standard InChI is InChI=1S/C19H18N4O5/c1-19(2)7-10-14(12(24)8-19)13(9-5-3-4-6-11(9)23(27)28)15-16(20-10)21-18(26)22-17(15)25/h3-6,13H,7-8H2,1-2H3,(H3,20,21,22,25,26)/t13-/m0/s1. The Hall–Kier alpha value is -3.49. The average molecular weight is 382 g/mol. The van der Waals surface area contributed by atoms with Crippen LogP contribution in [0.2, 0.25) is 0 Å². The van der Waals surface area contributed by atoms with E-state index in [4.69, 9.17) is 0 Å². The summed E-state index contributed by atoms with van der Waals surface area (Å²) in [6, 6.07) is 6.04. The highest BCUT2D eigenvalue weighted by Gasteiger charge is 2.43. The summed E-state index contributed by atoms with van der Waals surface area (Å²) in [5.74, 6) is -0.934. The smallest absolute Gasteiger partial charge is 0.327 e. The minimum Gasteiger partial charge on any atom is -0.344 e. The largest absolute Gasteiger partial charge is 0.344 e. The van der Waals surface area contributed by atoms with E-state index in [2.05, 4.69) is 15.3 Å². The van der Waals surface area contributed by atoms with Crippen LogP contribution in [-0.2, 0) is 4.79 Å². The third kappa shape index (κ3) is 2.75. The van der Waals surface area contributed by atoms with Gasteiger partial charge in [-0.2, -0.15) is 0 Å². The highest BCUT2D eigenvalue weighted by Crippen LogP contribution is 2.48. The molecule has 0 spiro atoms. The maximum Gasteiger partial charge on any atom is 0.327 e. The molecule has 2 aromatic rings. The van der Waals surface area contributed by atoms with Crippen LogP contribution in [0.5, 0.6) is 0 Å². The van der Waals surface area contributed by atoms with Crippen molar-refractivity contribution in [3.8, 4) is 0 Å². The summed E-state index contributed by atoms with van der Waals surface area (Å²) in [7, 11) is 0. The van der Waals surface area contributed by atoms with Gasteiger partial charge in [-0.25, -0.2) is 4.79 Å². The fourth-order valence-corrected chi connectivity index (χ4v) is 4.16. The van der Waals surface area contributed by atoms with E-state index in [-0.39, 0.29) is 40.3 Å². The number of carbonyl (C=O) groups is 1. The minimum atomic E-state index is -0.933. The lowest BCUT2D eigenvalue weighted by Crippen LogP contribution is -2.39. The van der Waals surface area contributed by atoms with Crippen LogP contribution in [0.25, 0.3) is 0 Å². The van der Waals surface area contributed by atoms with Crippen LogP contribution in [0, 0.1) is 15.5 Å². The van der Waals surface area contributed by atoms with Crippen molar-refractivity contribution in [2.75, 3.05) is 5.32 Å². The number of aromatic nitrogens is 2. The van der Waals surface area contributed by atoms with Crippen molar-refractivity contribution in [3.63, 3.8) is 0 Å². The van der Waals surface area contributed by atoms with E-state index in [9.17, 15) is 24.5 Å². The molecule has 0 saturated heterocycles. The maximum atomic E-state index is 13.0. The summed E-state index contributed by atoms with van der Waals surface area (Å²) in [6.07, 6.45) is 0.778. The van der Waals surface area contributed by atoms with E-state index < -0.39 is 22.1 Å². The number of fused-ring (bicyclic) bond motifs is 1. The number of Topliss-reactive ketones (excluding diaryl/α,β-unsaturated/α-hetero) is 1. The molecule has 0 amide bonds. The van der Waals surface area contributed by atoms with Gasteiger partial charge in [0, 0.05) is 29.3 Å². The first-order chi connectivity index (χ1) is 13.2. The van der Waals surface area contributed by atoms with Gasteiger partial charge < -0.3 is 5.32 Å². The number of nitrogens with one attached hydrogen (secondary N) is 3. The first-order valence-electron chi connectivity index (χ1n) is 8.81. The highest BCUT2D eigenvalue weighted by molar-refractivity contribution is 6.01. The van der Waals surface area contributed by atoms with Crippen LogP contribution in [0.1, 0.15) is 43.7 Å². The van der Waals surface area contributed by atoms with Gasteiger partial charge in [-0.15, -0.1) is 0 Å². The zero-order valence-corrected chi connectivity index (χ0v) is 15.3. The van der Waals surface area contributed by atoms with Crippen LogP contribution in [0.15, 0.2) is 45.1 Å². The summed E-state index contributed by atoms with van der Waals surface area (Å²) in [4.78, 5) is 53.3. The monoisotopic (exact) mass is 382 g/mol. The van der Waals surface area contributed by atoms with E-state index in [0.717, 1.165) is 0 Å². The van der Waals surface area contributed by atoms with Gasteiger partial charge in [0.1, 0.15) is 5.82 Å². The number of H-pyrrole nitrogens is 2. The number of para-hydroxylation sites is 1. The maximum absolute atomic E-state index is 13.0. The summed E-state index contributed by atoms with van der Waals surface area (Å²) in [6.45, 7) is 3.90. The van der Waals surface area contributed by atoms with E-state index in [1.165, 1.54) is 12.1 Å². The van der Waals surface area contributed by atoms with Crippen molar-refractivity contribution < 1.29 is 9.72 Å². The molecule has 2 heterocycles. The van der Waals surface area contributed by atoms with Crippen LogP contribution in [0.3, 0.4) is 0 Å². The summed E-state index contributed by atoms with van der Waals surface area (Å²) < 4.78 is 0. The van der Waals surface area contributed by atoms with Crippen molar-refractivity contribution in [3.05, 3.63) is 77.6 Å². The molecule has 1 aliphatic heterocycles. The van der Waals surface area contributed by atoms with E-state index in [1.54, 1.807) is 12.1 Å². The molecular formula is C19H18N4O5. The molecule has 4 rings (SSSR count). The predicted octanol–water partition coefficient (Wildman–Crippen LogP) is 2.17. The fourth-order valence-electron chi connectivity index (χ4n) is 4.16. The molecule has 0 unspecified atom stereocenters. The quantitative estimate of drug-likeness (QED) is 0.537. The number of rotatable bonds is 2. The van der Waals surface area contributed by atoms with Gasteiger partial charge in [0.05, 0.1) is 16.4 Å². The molecule has 9 nitrogen and oxygen atoms in total. The summed E-state index contributed by atoms with van der Waals surface area (Å²) in [5, 5.41) is 14.6. The van der Waals surface area contributed by atoms with Gasteiger partial charge in [0.25, 0.3) is 11.2 Å². The molecule has 144 valence electrons. The number of hydrogen-bond donors (Lipinski definition) is 3. The highest BCUT2D eigenvalue weighted by atomic mass is 16.6. The SMILES string of the molecule is CC1(C)CC(=O)C2=C(C1)Nc1[nH]c(=O)[nH]c(=O)c1[C@H]2c1ccccc1[N+](=O)[O-]. The Labute approximate surface area is 158 Å². The Morgan fingerprint density at radius 3 is 2.54 bits per heavy atom. The normalized spacial score (nSPS) is 20.2. The van der Waals surface area contributed by atoms with E-state index in [1.807, 2.05) is 13.8 Å². The fraction of sp³-hybridized carbons (Fsp3) is 0.316. The lowest BCUT2D eigenvalue weighted by atomic mass is 9.69. The minimum absolute atomic E-state index is 0.0979. The molecule has 0 fully saturated rings. The zero-order valence-electron chi connectivity index (χ0n) is 15.3. The van der Waals surface area contributed by atoms with Gasteiger partial charge >= 0.3 is 5.69 Å². The van der Waals surface area contributed by atoms with Crippen LogP contribution >= 0.6 is 0 Å². The molecule has 2 aliphatic rings. The second kappa shape index (κ2) is 6.01. The third-order valence-electron chi connectivity index (χ3n) is 5.20. The molecule has 0 bridgehead atoms. The summed E-state index contributed by atoms with van der Waals surface area (Å²) in [5.41, 5.74) is -0.599. The molecule has 28 heavy (non-hydrogen) atoms. The van der Waals surface area contributed by atoms with Crippen molar-refractivity contribution in [2.24, 2.45) is 5.41 Å². The lowest BCUT2D eigenvalue weighted by molar-refractivity contribution is -0.385. The first kappa shape index (κ1) is 17.9. The molecule has 1 aliphatic carbocycles. The lowest BCUT2D eigenvalue weighted by Gasteiger charge is -2.38. The van der Waals surface area contributed by atoms with Crippen molar-refractivity contribution in [1.29, 1.82) is 0 Å². The Morgan fingerprint density at radius 1 is 1.11 bits per heavy atom. The van der Waals surface area contributed by atoms with Crippen LogP contribution in [0.4, 0.5) is 11.5 Å². The number of allylic oxidation sites excluding steroid dienone is 2. The van der Waals surface area contributed by atoms with Crippen molar-refractivity contribution in [2.45, 2.75) is 32.6 Å². The van der Waals surface area contributed by atoms with Gasteiger partial charge in [-0.1, -0.05) is 32.0 Å².